The van der Waals surface area contributed by atoms with E-state index in [9.17, 15) is 5.11 Å². The van der Waals surface area contributed by atoms with Gasteiger partial charge in [-0.2, -0.15) is 0 Å². The zero-order valence-corrected chi connectivity index (χ0v) is 10.8. The maximum atomic E-state index is 9.64. The Bertz CT molecular complexity index is 262. The van der Waals surface area contributed by atoms with Gasteiger partial charge in [-0.1, -0.05) is 19.0 Å². The monoisotopic (exact) mass is 243 g/mol. The predicted molar refractivity (Wildman–Crippen MR) is 68.0 cm³/mol. The van der Waals surface area contributed by atoms with Gasteiger partial charge in [0.05, 0.1) is 6.10 Å². The molecule has 1 fully saturated rings. The van der Waals surface area contributed by atoms with Crippen LogP contribution in [-0.4, -0.2) is 35.3 Å². The predicted octanol–water partition coefficient (Wildman–Crippen LogP) is 0.900. The van der Waals surface area contributed by atoms with Gasteiger partial charge in [0.2, 0.25) is 0 Å². The summed E-state index contributed by atoms with van der Waals surface area (Å²) in [4.78, 5) is 0. The first-order valence-corrected chi connectivity index (χ1v) is 6.34. The van der Waals surface area contributed by atoms with Crippen molar-refractivity contribution in [2.45, 2.75) is 45.6 Å². The van der Waals surface area contributed by atoms with E-state index in [0.29, 0.717) is 12.5 Å². The van der Waals surface area contributed by atoms with Gasteiger partial charge in [-0.3, -0.25) is 0 Å². The minimum Gasteiger partial charge on any atom is -0.409 e. The van der Waals surface area contributed by atoms with Crippen molar-refractivity contribution >= 4 is 5.84 Å². The molecule has 17 heavy (non-hydrogen) atoms. The number of aliphatic hydroxyl groups is 1. The molecular weight excluding hydrogens is 218 g/mol. The Morgan fingerprint density at radius 2 is 2.18 bits per heavy atom. The van der Waals surface area contributed by atoms with Gasteiger partial charge >= 0.3 is 0 Å². The normalized spacial score (nSPS) is 19.4. The van der Waals surface area contributed by atoms with Crippen molar-refractivity contribution < 1.29 is 10.3 Å². The average Bonchev–Trinajstić information content (AvgIpc) is 3.10. The van der Waals surface area contributed by atoms with E-state index in [2.05, 4.69) is 10.5 Å². The molecule has 0 saturated heterocycles. The first-order chi connectivity index (χ1) is 7.97. The molecule has 5 heteroatoms. The number of rotatable bonds is 8. The summed E-state index contributed by atoms with van der Waals surface area (Å²) in [6.07, 6.45) is 3.95. The van der Waals surface area contributed by atoms with E-state index in [1.165, 1.54) is 12.8 Å². The molecule has 0 aromatic rings. The van der Waals surface area contributed by atoms with E-state index in [1.54, 1.807) is 0 Å². The van der Waals surface area contributed by atoms with Gasteiger partial charge in [-0.25, -0.2) is 0 Å². The molecule has 5 N–H and O–H groups in total. The minimum atomic E-state index is -0.272. The zero-order valence-electron chi connectivity index (χ0n) is 10.8. The van der Waals surface area contributed by atoms with Crippen LogP contribution in [0.15, 0.2) is 5.16 Å². The van der Waals surface area contributed by atoms with Crippen LogP contribution in [0.3, 0.4) is 0 Å². The van der Waals surface area contributed by atoms with Gasteiger partial charge in [0.15, 0.2) is 0 Å². The van der Waals surface area contributed by atoms with Crippen LogP contribution in [0.4, 0.5) is 0 Å². The summed E-state index contributed by atoms with van der Waals surface area (Å²) >= 11 is 0. The molecule has 1 atom stereocenters. The van der Waals surface area contributed by atoms with Crippen molar-refractivity contribution in [3.05, 3.63) is 0 Å². The average molecular weight is 243 g/mol. The molecule has 1 unspecified atom stereocenters. The molecule has 0 spiro atoms. The molecule has 0 bridgehead atoms. The first kappa shape index (κ1) is 14.3. The van der Waals surface area contributed by atoms with Gasteiger partial charge in [0.25, 0.3) is 0 Å². The lowest BCUT2D eigenvalue weighted by atomic mass is 9.86. The van der Waals surface area contributed by atoms with Crippen molar-refractivity contribution in [2.75, 3.05) is 13.1 Å². The molecular formula is C12H25N3O2. The number of nitrogens with zero attached hydrogens (tertiary/aromatic N) is 1. The third-order valence-corrected chi connectivity index (χ3v) is 3.48. The van der Waals surface area contributed by atoms with E-state index in [1.807, 2.05) is 13.8 Å². The number of nitrogens with one attached hydrogen (secondary N) is 1. The van der Waals surface area contributed by atoms with Crippen molar-refractivity contribution in [1.29, 1.82) is 0 Å². The highest BCUT2D eigenvalue weighted by Crippen LogP contribution is 2.32. The quantitative estimate of drug-likeness (QED) is 0.168. The molecule has 1 aliphatic rings. The van der Waals surface area contributed by atoms with Gasteiger partial charge < -0.3 is 21.4 Å². The number of amidine groups is 1. The van der Waals surface area contributed by atoms with Crippen molar-refractivity contribution in [3.8, 4) is 0 Å². The Balaban J connectivity index is 2.06. The maximum absolute atomic E-state index is 9.64. The molecule has 0 radical (unpaired) electrons. The molecule has 100 valence electrons. The Labute approximate surface area is 103 Å². The van der Waals surface area contributed by atoms with Gasteiger partial charge in [0.1, 0.15) is 5.84 Å². The lowest BCUT2D eigenvalue weighted by Gasteiger charge is -2.22. The highest BCUT2D eigenvalue weighted by atomic mass is 16.4. The van der Waals surface area contributed by atoms with Gasteiger partial charge in [-0.15, -0.1) is 0 Å². The third-order valence-electron chi connectivity index (χ3n) is 3.48. The topological polar surface area (TPSA) is 90.9 Å². The van der Waals surface area contributed by atoms with E-state index >= 15 is 0 Å². The first-order valence-electron chi connectivity index (χ1n) is 6.34. The van der Waals surface area contributed by atoms with E-state index in [-0.39, 0.29) is 17.4 Å². The van der Waals surface area contributed by atoms with Crippen LogP contribution in [0, 0.1) is 11.3 Å². The largest absolute Gasteiger partial charge is 0.409 e. The number of hydrogen-bond donors (Lipinski definition) is 4. The second-order valence-corrected chi connectivity index (χ2v) is 5.58. The standard InChI is InChI=1S/C12H25N3O2/c1-12(2,11(13)15-17)6-3-7-14-8-10(16)9-4-5-9/h9-10,14,16-17H,3-8H2,1-2H3,(H2,13,15). The fourth-order valence-electron chi connectivity index (χ4n) is 1.82. The van der Waals surface area contributed by atoms with Crippen LogP contribution in [-0.2, 0) is 0 Å². The summed E-state index contributed by atoms with van der Waals surface area (Å²) in [7, 11) is 0. The Morgan fingerprint density at radius 3 is 2.71 bits per heavy atom. The summed E-state index contributed by atoms with van der Waals surface area (Å²) in [6, 6.07) is 0. The summed E-state index contributed by atoms with van der Waals surface area (Å²) in [5, 5.41) is 24.6. The van der Waals surface area contributed by atoms with Crippen LogP contribution in [0.25, 0.3) is 0 Å². The Hall–Kier alpha value is -0.810. The highest BCUT2D eigenvalue weighted by Gasteiger charge is 2.29. The van der Waals surface area contributed by atoms with Crippen LogP contribution < -0.4 is 11.1 Å². The Morgan fingerprint density at radius 1 is 1.53 bits per heavy atom. The maximum Gasteiger partial charge on any atom is 0.144 e. The molecule has 0 aromatic carbocycles. The van der Waals surface area contributed by atoms with E-state index in [4.69, 9.17) is 10.9 Å². The fraction of sp³-hybridized carbons (Fsp3) is 0.917. The van der Waals surface area contributed by atoms with E-state index < -0.39 is 0 Å². The van der Waals surface area contributed by atoms with Crippen molar-refractivity contribution in [1.82, 2.24) is 5.32 Å². The SMILES string of the molecule is CC(C)(CCCNCC(O)C1CC1)C(N)=NO. The number of hydrogen-bond acceptors (Lipinski definition) is 4. The van der Waals surface area contributed by atoms with Crippen molar-refractivity contribution in [3.63, 3.8) is 0 Å². The van der Waals surface area contributed by atoms with Crippen LogP contribution in [0.2, 0.25) is 0 Å². The summed E-state index contributed by atoms with van der Waals surface area (Å²) in [5.41, 5.74) is 5.33. The Kier molecular flexibility index (Phi) is 5.21. The summed E-state index contributed by atoms with van der Waals surface area (Å²) in [6.45, 7) is 5.45. The number of aliphatic hydroxyl groups excluding tert-OH is 1. The number of oxime groups is 1. The second kappa shape index (κ2) is 6.21. The molecule has 0 heterocycles. The van der Waals surface area contributed by atoms with Crippen LogP contribution in [0.1, 0.15) is 39.5 Å². The summed E-state index contributed by atoms with van der Waals surface area (Å²) in [5.74, 6) is 0.798. The van der Waals surface area contributed by atoms with Gasteiger partial charge in [-0.05, 0) is 38.1 Å². The third kappa shape index (κ3) is 4.91. The lowest BCUT2D eigenvalue weighted by Crippen LogP contribution is -2.33. The minimum absolute atomic E-state index is 0.188. The molecule has 0 aromatic heterocycles. The highest BCUT2D eigenvalue weighted by molar-refractivity contribution is 5.85. The lowest BCUT2D eigenvalue weighted by molar-refractivity contribution is 0.148. The molecule has 1 saturated carbocycles. The smallest absolute Gasteiger partial charge is 0.144 e. The molecule has 1 aliphatic carbocycles. The van der Waals surface area contributed by atoms with Crippen LogP contribution >= 0.6 is 0 Å². The molecule has 0 amide bonds. The summed E-state index contributed by atoms with van der Waals surface area (Å²) < 4.78 is 0. The second-order valence-electron chi connectivity index (χ2n) is 5.58. The number of nitrogens with two attached hydrogens (primary N) is 1. The molecule has 5 nitrogen and oxygen atoms in total. The van der Waals surface area contributed by atoms with Crippen molar-refractivity contribution in [2.24, 2.45) is 22.2 Å². The van der Waals surface area contributed by atoms with E-state index in [0.717, 1.165) is 19.4 Å². The molecule has 0 aliphatic heterocycles. The zero-order chi connectivity index (χ0) is 12.9. The molecule has 1 rings (SSSR count). The van der Waals surface area contributed by atoms with Crippen LogP contribution in [0.5, 0.6) is 0 Å². The van der Waals surface area contributed by atoms with Gasteiger partial charge in [0, 0.05) is 12.0 Å². The fourth-order valence-corrected chi connectivity index (χ4v) is 1.82.